The fourth-order valence-corrected chi connectivity index (χ4v) is 4.33. The van der Waals surface area contributed by atoms with Gasteiger partial charge in [-0.25, -0.2) is 0 Å². The molecular formula is C24H23N3O. The number of amides is 1. The lowest BCUT2D eigenvalue weighted by atomic mass is 9.99. The molecule has 0 aliphatic carbocycles. The molecule has 0 atom stereocenters. The van der Waals surface area contributed by atoms with E-state index in [1.54, 1.807) is 6.20 Å². The van der Waals surface area contributed by atoms with Gasteiger partial charge in [-0.1, -0.05) is 42.5 Å². The van der Waals surface area contributed by atoms with Crippen LogP contribution in [0.25, 0.3) is 0 Å². The predicted molar refractivity (Wildman–Crippen MR) is 112 cm³/mol. The zero-order valence-electron chi connectivity index (χ0n) is 15.8. The number of anilines is 2. The van der Waals surface area contributed by atoms with E-state index in [4.69, 9.17) is 0 Å². The summed E-state index contributed by atoms with van der Waals surface area (Å²) in [6.07, 6.45) is 6.62. The van der Waals surface area contributed by atoms with E-state index in [9.17, 15) is 4.79 Å². The largest absolute Gasteiger partial charge is 0.366 e. The molecule has 0 unspecified atom stereocenters. The van der Waals surface area contributed by atoms with E-state index in [2.05, 4.69) is 40.2 Å². The quantitative estimate of drug-likeness (QED) is 0.678. The highest BCUT2D eigenvalue weighted by atomic mass is 16.2. The van der Waals surface area contributed by atoms with Gasteiger partial charge in [0.2, 0.25) is 0 Å². The molecule has 140 valence electrons. The second-order valence-electron chi connectivity index (χ2n) is 7.56. The SMILES string of the molecule is O=C(c1cncc(N2CCc3ccccc3C2)c1)N1CCCc2ccccc21. The number of hydrogen-bond acceptors (Lipinski definition) is 3. The molecule has 2 aliphatic heterocycles. The van der Waals surface area contributed by atoms with Crippen LogP contribution in [0, 0.1) is 0 Å². The molecule has 0 saturated heterocycles. The molecule has 0 spiro atoms. The smallest absolute Gasteiger partial charge is 0.259 e. The zero-order valence-corrected chi connectivity index (χ0v) is 15.8. The highest BCUT2D eigenvalue weighted by molar-refractivity contribution is 6.07. The number of aryl methyl sites for hydroxylation is 1. The average Bonchev–Trinajstić information content (AvgIpc) is 2.78. The summed E-state index contributed by atoms with van der Waals surface area (Å²) in [5.41, 5.74) is 6.74. The van der Waals surface area contributed by atoms with Crippen molar-refractivity contribution in [2.75, 3.05) is 22.9 Å². The molecule has 2 aromatic carbocycles. The van der Waals surface area contributed by atoms with Gasteiger partial charge in [-0.3, -0.25) is 9.78 Å². The maximum atomic E-state index is 13.3. The molecule has 0 N–H and O–H groups in total. The van der Waals surface area contributed by atoms with Gasteiger partial charge in [0.1, 0.15) is 0 Å². The van der Waals surface area contributed by atoms with Crippen LogP contribution < -0.4 is 9.80 Å². The van der Waals surface area contributed by atoms with Gasteiger partial charge in [0.25, 0.3) is 5.91 Å². The van der Waals surface area contributed by atoms with Gasteiger partial charge in [0.05, 0.1) is 17.4 Å². The summed E-state index contributed by atoms with van der Waals surface area (Å²) in [7, 11) is 0. The second-order valence-corrected chi connectivity index (χ2v) is 7.56. The van der Waals surface area contributed by atoms with E-state index in [0.717, 1.165) is 50.3 Å². The first kappa shape index (κ1) is 17.0. The number of aromatic nitrogens is 1. The minimum absolute atomic E-state index is 0.0407. The third-order valence-corrected chi connectivity index (χ3v) is 5.82. The van der Waals surface area contributed by atoms with Crippen molar-refractivity contribution in [1.82, 2.24) is 4.98 Å². The van der Waals surface area contributed by atoms with Crippen LogP contribution in [0.1, 0.15) is 33.5 Å². The lowest BCUT2D eigenvalue weighted by Crippen LogP contribution is -2.36. The topological polar surface area (TPSA) is 36.4 Å². The van der Waals surface area contributed by atoms with E-state index in [1.807, 2.05) is 35.4 Å². The Labute approximate surface area is 165 Å². The number of carbonyl (C=O) groups is 1. The van der Waals surface area contributed by atoms with Gasteiger partial charge in [0.15, 0.2) is 0 Å². The normalized spacial score (nSPS) is 15.7. The molecule has 1 amide bonds. The fourth-order valence-electron chi connectivity index (χ4n) is 4.33. The Kier molecular flexibility index (Phi) is 4.32. The standard InChI is InChI=1S/C24H23N3O/c28-24(27-12-5-9-19-7-3-4-10-23(19)27)21-14-22(16-25-15-21)26-13-11-18-6-1-2-8-20(18)17-26/h1-4,6-8,10,14-16H,5,9,11-13,17H2. The Morgan fingerprint density at radius 1 is 0.857 bits per heavy atom. The second kappa shape index (κ2) is 7.12. The molecule has 4 nitrogen and oxygen atoms in total. The van der Waals surface area contributed by atoms with Crippen molar-refractivity contribution in [3.05, 3.63) is 89.2 Å². The summed E-state index contributed by atoms with van der Waals surface area (Å²) in [6.45, 7) is 2.57. The summed E-state index contributed by atoms with van der Waals surface area (Å²) < 4.78 is 0. The summed E-state index contributed by atoms with van der Waals surface area (Å²) in [5.74, 6) is 0.0407. The van der Waals surface area contributed by atoms with Gasteiger partial charge in [-0.15, -0.1) is 0 Å². The summed E-state index contributed by atoms with van der Waals surface area (Å²) in [4.78, 5) is 21.9. The monoisotopic (exact) mass is 369 g/mol. The summed E-state index contributed by atoms with van der Waals surface area (Å²) in [6, 6.07) is 18.8. The number of hydrogen-bond donors (Lipinski definition) is 0. The van der Waals surface area contributed by atoms with Crippen molar-refractivity contribution in [2.45, 2.75) is 25.8 Å². The minimum atomic E-state index is 0.0407. The number of fused-ring (bicyclic) bond motifs is 2. The number of benzene rings is 2. The van der Waals surface area contributed by atoms with Crippen LogP contribution in [-0.4, -0.2) is 24.0 Å². The van der Waals surface area contributed by atoms with Crippen LogP contribution in [0.15, 0.2) is 67.0 Å². The fraction of sp³-hybridized carbons (Fsp3) is 0.250. The Morgan fingerprint density at radius 2 is 1.64 bits per heavy atom. The van der Waals surface area contributed by atoms with Crippen LogP contribution in [0.3, 0.4) is 0 Å². The molecule has 4 heteroatoms. The van der Waals surface area contributed by atoms with Gasteiger partial charge >= 0.3 is 0 Å². The van der Waals surface area contributed by atoms with E-state index < -0.39 is 0 Å². The van der Waals surface area contributed by atoms with Crippen molar-refractivity contribution < 1.29 is 4.79 Å². The summed E-state index contributed by atoms with van der Waals surface area (Å²) in [5, 5.41) is 0. The molecule has 0 radical (unpaired) electrons. The third kappa shape index (κ3) is 3.05. The van der Waals surface area contributed by atoms with Crippen LogP contribution in [0.2, 0.25) is 0 Å². The Morgan fingerprint density at radius 3 is 2.54 bits per heavy atom. The highest BCUT2D eigenvalue weighted by Gasteiger charge is 2.24. The van der Waals surface area contributed by atoms with Crippen LogP contribution >= 0.6 is 0 Å². The highest BCUT2D eigenvalue weighted by Crippen LogP contribution is 2.29. The molecule has 3 aromatic rings. The first-order valence-electron chi connectivity index (χ1n) is 9.96. The molecule has 1 aromatic heterocycles. The predicted octanol–water partition coefficient (Wildman–Crippen LogP) is 4.24. The lowest BCUT2D eigenvalue weighted by Gasteiger charge is -2.31. The van der Waals surface area contributed by atoms with E-state index >= 15 is 0 Å². The van der Waals surface area contributed by atoms with Gasteiger partial charge in [-0.05, 0) is 48.1 Å². The lowest BCUT2D eigenvalue weighted by molar-refractivity contribution is 0.0985. The molecule has 0 bridgehead atoms. The third-order valence-electron chi connectivity index (χ3n) is 5.82. The minimum Gasteiger partial charge on any atom is -0.366 e. The van der Waals surface area contributed by atoms with Crippen LogP contribution in [0.5, 0.6) is 0 Å². The van der Waals surface area contributed by atoms with Crippen LogP contribution in [-0.2, 0) is 19.4 Å². The average molecular weight is 369 g/mol. The number of nitrogens with zero attached hydrogens (tertiary/aromatic N) is 3. The number of pyridine rings is 1. The molecule has 0 saturated carbocycles. The van der Waals surface area contributed by atoms with Crippen molar-refractivity contribution in [3.8, 4) is 0 Å². The molecule has 3 heterocycles. The Hall–Kier alpha value is -3.14. The molecule has 2 aliphatic rings. The maximum Gasteiger partial charge on any atom is 0.259 e. The van der Waals surface area contributed by atoms with E-state index in [1.165, 1.54) is 16.7 Å². The van der Waals surface area contributed by atoms with Crippen molar-refractivity contribution >= 4 is 17.3 Å². The molecule has 28 heavy (non-hydrogen) atoms. The van der Waals surface area contributed by atoms with Gasteiger partial charge < -0.3 is 9.80 Å². The molecular weight excluding hydrogens is 346 g/mol. The number of para-hydroxylation sites is 1. The first-order chi connectivity index (χ1) is 13.8. The summed E-state index contributed by atoms with van der Waals surface area (Å²) >= 11 is 0. The number of rotatable bonds is 2. The number of carbonyl (C=O) groups excluding carboxylic acids is 1. The Bertz CT molecular complexity index is 1030. The van der Waals surface area contributed by atoms with Gasteiger partial charge in [0, 0.05) is 31.5 Å². The zero-order chi connectivity index (χ0) is 18.9. The van der Waals surface area contributed by atoms with Crippen molar-refractivity contribution in [2.24, 2.45) is 0 Å². The van der Waals surface area contributed by atoms with Crippen molar-refractivity contribution in [1.29, 1.82) is 0 Å². The maximum absolute atomic E-state index is 13.3. The molecule has 5 rings (SSSR count). The van der Waals surface area contributed by atoms with Gasteiger partial charge in [-0.2, -0.15) is 0 Å². The van der Waals surface area contributed by atoms with E-state index in [0.29, 0.717) is 5.56 Å². The van der Waals surface area contributed by atoms with E-state index in [-0.39, 0.29) is 5.91 Å². The van der Waals surface area contributed by atoms with Crippen LogP contribution in [0.4, 0.5) is 11.4 Å². The molecule has 0 fully saturated rings. The van der Waals surface area contributed by atoms with Crippen molar-refractivity contribution in [3.63, 3.8) is 0 Å². The Balaban J connectivity index is 1.42. The first-order valence-corrected chi connectivity index (χ1v) is 9.96.